The summed E-state index contributed by atoms with van der Waals surface area (Å²) in [5.74, 6) is 0.441. The van der Waals surface area contributed by atoms with Gasteiger partial charge in [0.25, 0.3) is 5.91 Å². The van der Waals surface area contributed by atoms with E-state index >= 15 is 0 Å². The predicted octanol–water partition coefficient (Wildman–Crippen LogP) is -0.345. The van der Waals surface area contributed by atoms with Crippen LogP contribution in [0.4, 0.5) is 5.82 Å². The lowest BCUT2D eigenvalue weighted by molar-refractivity contribution is 0.0693. The summed E-state index contributed by atoms with van der Waals surface area (Å²) < 4.78 is 0. The van der Waals surface area contributed by atoms with Crippen LogP contribution in [0.15, 0.2) is 12.4 Å². The number of aliphatic hydroxyl groups excluding tert-OH is 1. The second kappa shape index (κ2) is 6.15. The molecule has 2 N–H and O–H groups in total. The van der Waals surface area contributed by atoms with Crippen LogP contribution in [-0.2, 0) is 0 Å². The predicted molar refractivity (Wildman–Crippen MR) is 75.6 cm³/mol. The van der Waals surface area contributed by atoms with E-state index in [0.717, 1.165) is 6.54 Å². The molecule has 2 rings (SSSR count). The Bertz CT molecular complexity index is 462. The van der Waals surface area contributed by atoms with Crippen molar-refractivity contribution < 1.29 is 9.90 Å². The van der Waals surface area contributed by atoms with E-state index < -0.39 is 6.10 Å². The second-order valence-electron chi connectivity index (χ2n) is 5.30. The molecule has 7 nitrogen and oxygen atoms in total. The Kier molecular flexibility index (Phi) is 4.51. The highest BCUT2D eigenvalue weighted by Gasteiger charge is 2.35. The lowest BCUT2D eigenvalue weighted by Gasteiger charge is -2.26. The molecule has 2 heterocycles. The molecule has 1 fully saturated rings. The van der Waals surface area contributed by atoms with E-state index in [1.807, 2.05) is 19.0 Å². The zero-order chi connectivity index (χ0) is 14.7. The first-order chi connectivity index (χ1) is 9.51. The van der Waals surface area contributed by atoms with Crippen LogP contribution in [0, 0.1) is 0 Å². The fourth-order valence-corrected chi connectivity index (χ4v) is 2.45. The van der Waals surface area contributed by atoms with Crippen molar-refractivity contribution in [3.05, 3.63) is 18.1 Å². The number of aliphatic hydroxyl groups is 1. The van der Waals surface area contributed by atoms with E-state index in [2.05, 4.69) is 15.3 Å². The van der Waals surface area contributed by atoms with Crippen molar-refractivity contribution in [3.63, 3.8) is 0 Å². The molecule has 1 aliphatic rings. The minimum Gasteiger partial charge on any atom is -0.391 e. The number of hydrogen-bond donors (Lipinski definition) is 2. The quantitative estimate of drug-likeness (QED) is 0.784. The molecule has 2 atom stereocenters. The normalized spacial score (nSPS) is 22.4. The Morgan fingerprint density at radius 1 is 1.50 bits per heavy atom. The number of nitrogens with zero attached hydrogens (tertiary/aromatic N) is 4. The monoisotopic (exact) mass is 279 g/mol. The lowest BCUT2D eigenvalue weighted by atomic mass is 10.2. The molecule has 1 aromatic rings. The third-order valence-corrected chi connectivity index (χ3v) is 3.36. The Morgan fingerprint density at radius 3 is 2.80 bits per heavy atom. The molecular formula is C13H21N5O2. The number of amides is 1. The van der Waals surface area contributed by atoms with E-state index in [1.54, 1.807) is 11.9 Å². The summed E-state index contributed by atoms with van der Waals surface area (Å²) in [6, 6.07) is 0.0123. The molecule has 0 bridgehead atoms. The summed E-state index contributed by atoms with van der Waals surface area (Å²) in [4.78, 5) is 24.4. The number of β-amino-alcohol motifs (C(OH)–C–C–N with tert-alkyl or cyclic N) is 1. The van der Waals surface area contributed by atoms with Gasteiger partial charge in [0.15, 0.2) is 0 Å². The SMILES string of the molecule is CNc1cnc(C(=O)N2CC(O)CC2CN(C)C)cn1. The first-order valence-corrected chi connectivity index (χ1v) is 6.64. The maximum atomic E-state index is 12.5. The number of likely N-dealkylation sites (N-methyl/N-ethyl adjacent to an activating group) is 1. The van der Waals surface area contributed by atoms with Gasteiger partial charge >= 0.3 is 0 Å². The van der Waals surface area contributed by atoms with Gasteiger partial charge in [-0.15, -0.1) is 0 Å². The van der Waals surface area contributed by atoms with E-state index in [4.69, 9.17) is 0 Å². The van der Waals surface area contributed by atoms with Crippen molar-refractivity contribution >= 4 is 11.7 Å². The van der Waals surface area contributed by atoms with E-state index in [-0.39, 0.29) is 11.9 Å². The third kappa shape index (κ3) is 3.23. The highest BCUT2D eigenvalue weighted by molar-refractivity contribution is 5.92. The summed E-state index contributed by atoms with van der Waals surface area (Å²) in [6.45, 7) is 1.08. The lowest BCUT2D eigenvalue weighted by Crippen LogP contribution is -2.41. The molecule has 20 heavy (non-hydrogen) atoms. The van der Waals surface area contributed by atoms with Gasteiger partial charge in [-0.2, -0.15) is 0 Å². The number of anilines is 1. The molecule has 0 aromatic carbocycles. The summed E-state index contributed by atoms with van der Waals surface area (Å²) in [7, 11) is 5.65. The first-order valence-electron chi connectivity index (χ1n) is 6.64. The van der Waals surface area contributed by atoms with Gasteiger partial charge in [-0.05, 0) is 20.5 Å². The van der Waals surface area contributed by atoms with Crippen LogP contribution in [0.2, 0.25) is 0 Å². The number of nitrogens with one attached hydrogen (secondary N) is 1. The second-order valence-corrected chi connectivity index (χ2v) is 5.30. The molecule has 0 saturated carbocycles. The summed E-state index contributed by atoms with van der Waals surface area (Å²) in [5, 5.41) is 12.7. The van der Waals surface area contributed by atoms with Crippen LogP contribution in [0.5, 0.6) is 0 Å². The van der Waals surface area contributed by atoms with E-state index in [9.17, 15) is 9.90 Å². The number of carbonyl (C=O) groups is 1. The molecule has 2 unspecified atom stereocenters. The molecule has 1 aromatic heterocycles. The minimum absolute atomic E-state index is 0.0123. The summed E-state index contributed by atoms with van der Waals surface area (Å²) in [5.41, 5.74) is 0.307. The van der Waals surface area contributed by atoms with Crippen LogP contribution in [0.1, 0.15) is 16.9 Å². The van der Waals surface area contributed by atoms with Gasteiger partial charge in [-0.25, -0.2) is 9.97 Å². The van der Waals surface area contributed by atoms with Gasteiger partial charge in [0.2, 0.25) is 0 Å². The molecule has 0 spiro atoms. The van der Waals surface area contributed by atoms with E-state index in [0.29, 0.717) is 24.5 Å². The number of likely N-dealkylation sites (tertiary alicyclic amines) is 1. The molecule has 1 saturated heterocycles. The largest absolute Gasteiger partial charge is 0.391 e. The van der Waals surface area contributed by atoms with Gasteiger partial charge in [0.05, 0.1) is 18.5 Å². The topological polar surface area (TPSA) is 81.6 Å². The Balaban J connectivity index is 2.13. The highest BCUT2D eigenvalue weighted by atomic mass is 16.3. The number of rotatable bonds is 4. The average molecular weight is 279 g/mol. The highest BCUT2D eigenvalue weighted by Crippen LogP contribution is 2.20. The van der Waals surface area contributed by atoms with Crippen molar-refractivity contribution in [1.29, 1.82) is 0 Å². The molecule has 1 aliphatic heterocycles. The maximum absolute atomic E-state index is 12.5. The maximum Gasteiger partial charge on any atom is 0.274 e. The number of carbonyl (C=O) groups excluding carboxylic acids is 1. The van der Waals surface area contributed by atoms with Gasteiger partial charge in [-0.3, -0.25) is 4.79 Å². The smallest absolute Gasteiger partial charge is 0.274 e. The molecule has 0 radical (unpaired) electrons. The van der Waals surface area contributed by atoms with Crippen LogP contribution in [-0.4, -0.2) is 77.2 Å². The fourth-order valence-electron chi connectivity index (χ4n) is 2.45. The molecule has 7 heteroatoms. The summed E-state index contributed by atoms with van der Waals surface area (Å²) >= 11 is 0. The molecule has 1 amide bonds. The Labute approximate surface area is 118 Å². The van der Waals surface area contributed by atoms with Crippen molar-refractivity contribution in [3.8, 4) is 0 Å². The average Bonchev–Trinajstić information content (AvgIpc) is 2.78. The van der Waals surface area contributed by atoms with Crippen LogP contribution < -0.4 is 5.32 Å². The van der Waals surface area contributed by atoms with Crippen molar-refractivity contribution in [1.82, 2.24) is 19.8 Å². The van der Waals surface area contributed by atoms with Gasteiger partial charge in [-0.1, -0.05) is 0 Å². The van der Waals surface area contributed by atoms with Gasteiger partial charge in [0, 0.05) is 26.2 Å². The minimum atomic E-state index is -0.464. The van der Waals surface area contributed by atoms with Gasteiger partial charge in [0.1, 0.15) is 11.5 Å². The van der Waals surface area contributed by atoms with Gasteiger partial charge < -0.3 is 20.2 Å². The Hall–Kier alpha value is -1.73. The third-order valence-electron chi connectivity index (χ3n) is 3.36. The van der Waals surface area contributed by atoms with Crippen molar-refractivity contribution in [2.75, 3.05) is 39.5 Å². The summed E-state index contributed by atoms with van der Waals surface area (Å²) in [6.07, 6.45) is 3.13. The van der Waals surface area contributed by atoms with Crippen LogP contribution in [0.25, 0.3) is 0 Å². The van der Waals surface area contributed by atoms with Crippen molar-refractivity contribution in [2.24, 2.45) is 0 Å². The number of hydrogen-bond acceptors (Lipinski definition) is 6. The van der Waals surface area contributed by atoms with Crippen molar-refractivity contribution in [2.45, 2.75) is 18.6 Å². The zero-order valence-corrected chi connectivity index (χ0v) is 12.1. The molecule has 110 valence electrons. The fraction of sp³-hybridized carbons (Fsp3) is 0.615. The first kappa shape index (κ1) is 14.7. The van der Waals surface area contributed by atoms with E-state index in [1.165, 1.54) is 12.4 Å². The zero-order valence-electron chi connectivity index (χ0n) is 12.1. The number of aromatic nitrogens is 2. The molecule has 0 aliphatic carbocycles. The Morgan fingerprint density at radius 2 is 2.25 bits per heavy atom. The standard InChI is InChI=1S/C13H21N5O2/c1-14-12-6-15-11(5-16-12)13(20)18-8-10(19)4-9(18)7-17(2)3/h5-6,9-10,19H,4,7-8H2,1-3H3,(H,14,16). The van der Waals surface area contributed by atoms with Crippen LogP contribution >= 0.6 is 0 Å². The molecular weight excluding hydrogens is 258 g/mol. The van der Waals surface area contributed by atoms with Crippen LogP contribution in [0.3, 0.4) is 0 Å².